The summed E-state index contributed by atoms with van der Waals surface area (Å²) in [7, 11) is 0. The van der Waals surface area contributed by atoms with Crippen molar-refractivity contribution in [3.05, 3.63) is 29.8 Å². The van der Waals surface area contributed by atoms with Gasteiger partial charge in [0.05, 0.1) is 0 Å². The van der Waals surface area contributed by atoms with Gasteiger partial charge in [-0.2, -0.15) is 13.2 Å². The van der Waals surface area contributed by atoms with Crippen molar-refractivity contribution in [2.24, 2.45) is 0 Å². The van der Waals surface area contributed by atoms with Gasteiger partial charge in [-0.15, -0.1) is 0 Å². The van der Waals surface area contributed by atoms with E-state index in [2.05, 4.69) is 0 Å². The molecule has 0 atom stereocenters. The van der Waals surface area contributed by atoms with E-state index < -0.39 is 29.3 Å². The van der Waals surface area contributed by atoms with E-state index in [1.165, 1.54) is 4.90 Å². The van der Waals surface area contributed by atoms with Crippen LogP contribution in [0.5, 0.6) is 0 Å². The molecule has 0 saturated carbocycles. The summed E-state index contributed by atoms with van der Waals surface area (Å²) in [6, 6.07) is 7.02. The summed E-state index contributed by atoms with van der Waals surface area (Å²) in [5.41, 5.74) is 0.526. The Balaban J connectivity index is 1.86. The Morgan fingerprint density at radius 2 is 1.72 bits per heavy atom. The van der Waals surface area contributed by atoms with E-state index in [9.17, 15) is 27.6 Å². The van der Waals surface area contributed by atoms with Gasteiger partial charge in [0, 0.05) is 30.7 Å². The van der Waals surface area contributed by atoms with Crippen LogP contribution < -0.4 is 4.90 Å². The number of alkyl halides is 3. The van der Waals surface area contributed by atoms with Crippen LogP contribution in [-0.4, -0.2) is 47.3 Å². The van der Waals surface area contributed by atoms with Crippen LogP contribution in [-0.2, 0) is 20.8 Å². The molecule has 0 spiro atoms. The highest BCUT2D eigenvalue weighted by Gasteiger charge is 2.48. The molecule has 0 bridgehead atoms. The molecule has 1 saturated heterocycles. The molecule has 2 aliphatic heterocycles. The first kappa shape index (κ1) is 17.4. The molecule has 1 aromatic rings. The van der Waals surface area contributed by atoms with E-state index in [-0.39, 0.29) is 32.4 Å². The van der Waals surface area contributed by atoms with Crippen LogP contribution in [0.1, 0.15) is 25.3 Å². The molecule has 2 heterocycles. The second-order valence-corrected chi connectivity index (χ2v) is 6.66. The number of rotatable bonds is 1. The lowest BCUT2D eigenvalue weighted by atomic mass is 9.84. The molecule has 2 amide bonds. The highest BCUT2D eigenvalue weighted by molar-refractivity contribution is 6.43. The maximum atomic E-state index is 12.6. The Hall–Kier alpha value is -2.38. The van der Waals surface area contributed by atoms with Gasteiger partial charge in [0.25, 0.3) is 5.91 Å². The fraction of sp³-hybridized carbons (Fsp3) is 0.471. The largest absolute Gasteiger partial charge is 0.471 e. The zero-order valence-corrected chi connectivity index (χ0v) is 13.6. The van der Waals surface area contributed by atoms with Crippen molar-refractivity contribution in [1.29, 1.82) is 0 Å². The van der Waals surface area contributed by atoms with Crippen LogP contribution in [0, 0.1) is 0 Å². The van der Waals surface area contributed by atoms with Gasteiger partial charge < -0.3 is 4.90 Å². The number of carbonyl (C=O) groups excluding carboxylic acids is 3. The number of anilines is 1. The average molecular weight is 354 g/mol. The number of benzene rings is 1. The van der Waals surface area contributed by atoms with Gasteiger partial charge in [-0.3, -0.25) is 19.3 Å². The normalized spacial score (nSPS) is 20.5. The summed E-state index contributed by atoms with van der Waals surface area (Å²) >= 11 is 0. The molecule has 134 valence electrons. The molecule has 0 unspecified atom stereocenters. The van der Waals surface area contributed by atoms with Gasteiger partial charge in [-0.25, -0.2) is 0 Å². The number of likely N-dealkylation sites (tertiary alicyclic amines) is 1. The van der Waals surface area contributed by atoms with Crippen LogP contribution in [0.4, 0.5) is 18.9 Å². The number of fused-ring (bicyclic) bond motifs is 1. The van der Waals surface area contributed by atoms with Gasteiger partial charge in [-0.05, 0) is 31.4 Å². The zero-order chi connectivity index (χ0) is 18.4. The number of nitrogens with zero attached hydrogens (tertiary/aromatic N) is 2. The van der Waals surface area contributed by atoms with E-state index in [0.29, 0.717) is 5.69 Å². The van der Waals surface area contributed by atoms with Gasteiger partial charge in [0.2, 0.25) is 5.78 Å². The zero-order valence-electron chi connectivity index (χ0n) is 13.6. The number of para-hydroxylation sites is 1. The summed E-state index contributed by atoms with van der Waals surface area (Å²) in [5.74, 6) is -3.04. The Bertz CT molecular complexity index is 737. The predicted octanol–water partition coefficient (Wildman–Crippen LogP) is 2.09. The van der Waals surface area contributed by atoms with E-state index in [4.69, 9.17) is 0 Å². The first-order valence-electron chi connectivity index (χ1n) is 7.95. The summed E-state index contributed by atoms with van der Waals surface area (Å²) < 4.78 is 37.8. The number of ketones is 1. The summed E-state index contributed by atoms with van der Waals surface area (Å²) in [6.07, 6.45) is -4.54. The van der Waals surface area contributed by atoms with Crippen molar-refractivity contribution in [2.45, 2.75) is 37.9 Å². The fourth-order valence-electron chi connectivity index (χ4n) is 3.49. The lowest BCUT2D eigenvalue weighted by molar-refractivity contribution is -0.186. The molecular weight excluding hydrogens is 337 g/mol. The lowest BCUT2D eigenvalue weighted by Crippen LogP contribution is -2.60. The molecule has 0 aromatic heterocycles. The molecule has 1 fully saturated rings. The molecular formula is C17H17F3N2O3. The highest BCUT2D eigenvalue weighted by atomic mass is 19.4. The summed E-state index contributed by atoms with van der Waals surface area (Å²) in [5, 5.41) is 0. The van der Waals surface area contributed by atoms with E-state index in [0.717, 1.165) is 10.5 Å². The molecule has 3 rings (SSSR count). The van der Waals surface area contributed by atoms with Gasteiger partial charge in [-0.1, -0.05) is 18.2 Å². The number of carbonyl (C=O) groups is 3. The Morgan fingerprint density at radius 3 is 2.32 bits per heavy atom. The number of halogens is 3. The quantitative estimate of drug-likeness (QED) is 0.726. The standard InChI is InChI=1S/C17H17F3N2O3/c1-16(6-8-21(9-7-16)15(25)17(18,19)20)22-12-5-3-2-4-11(12)10-13(23)14(22)24/h2-5H,6-10H2,1H3. The summed E-state index contributed by atoms with van der Waals surface area (Å²) in [4.78, 5) is 38.1. The third-order valence-corrected chi connectivity index (χ3v) is 4.94. The van der Waals surface area contributed by atoms with Crippen molar-refractivity contribution in [2.75, 3.05) is 18.0 Å². The van der Waals surface area contributed by atoms with Crippen LogP contribution in [0.3, 0.4) is 0 Å². The topological polar surface area (TPSA) is 57.7 Å². The van der Waals surface area contributed by atoms with Crippen molar-refractivity contribution >= 4 is 23.3 Å². The Morgan fingerprint density at radius 1 is 1.12 bits per heavy atom. The first-order valence-corrected chi connectivity index (χ1v) is 7.95. The molecule has 0 N–H and O–H groups in total. The van der Waals surface area contributed by atoms with Crippen molar-refractivity contribution in [3.8, 4) is 0 Å². The minimum absolute atomic E-state index is 0.0280. The van der Waals surface area contributed by atoms with E-state index in [1.807, 2.05) is 0 Å². The van der Waals surface area contributed by atoms with E-state index in [1.54, 1.807) is 31.2 Å². The fourth-order valence-corrected chi connectivity index (χ4v) is 3.49. The average Bonchev–Trinajstić information content (AvgIpc) is 2.55. The van der Waals surface area contributed by atoms with Gasteiger partial charge >= 0.3 is 12.1 Å². The molecule has 0 radical (unpaired) electrons. The van der Waals surface area contributed by atoms with Gasteiger partial charge in [0.1, 0.15) is 0 Å². The SMILES string of the molecule is CC1(N2C(=O)C(=O)Cc3ccccc32)CCN(C(=O)C(F)(F)F)CC1. The van der Waals surface area contributed by atoms with Crippen molar-refractivity contribution in [3.63, 3.8) is 0 Å². The molecule has 1 aromatic carbocycles. The number of amides is 2. The second-order valence-electron chi connectivity index (χ2n) is 6.66. The third-order valence-electron chi connectivity index (χ3n) is 4.94. The van der Waals surface area contributed by atoms with Crippen LogP contribution in [0.2, 0.25) is 0 Å². The van der Waals surface area contributed by atoms with Gasteiger partial charge in [0.15, 0.2) is 0 Å². The third kappa shape index (κ3) is 3.01. The predicted molar refractivity (Wildman–Crippen MR) is 82.9 cm³/mol. The van der Waals surface area contributed by atoms with Crippen molar-refractivity contribution in [1.82, 2.24) is 4.90 Å². The monoisotopic (exact) mass is 354 g/mol. The summed E-state index contributed by atoms with van der Waals surface area (Å²) in [6.45, 7) is 1.51. The van der Waals surface area contributed by atoms with Crippen molar-refractivity contribution < 1.29 is 27.6 Å². The Kier molecular flexibility index (Phi) is 4.09. The highest BCUT2D eigenvalue weighted by Crippen LogP contribution is 2.38. The smallest absolute Gasteiger partial charge is 0.335 e. The number of piperidine rings is 1. The number of Topliss-reactive ketones (excluding diaryl/α,β-unsaturated/α-hetero) is 1. The maximum Gasteiger partial charge on any atom is 0.471 e. The molecule has 5 nitrogen and oxygen atoms in total. The molecule has 0 aliphatic carbocycles. The number of hydrogen-bond acceptors (Lipinski definition) is 3. The second kappa shape index (κ2) is 5.86. The maximum absolute atomic E-state index is 12.6. The lowest BCUT2D eigenvalue weighted by Gasteiger charge is -2.48. The minimum atomic E-state index is -4.91. The van der Waals surface area contributed by atoms with E-state index >= 15 is 0 Å². The van der Waals surface area contributed by atoms with Crippen LogP contribution >= 0.6 is 0 Å². The Labute approximate surface area is 142 Å². The first-order chi connectivity index (χ1) is 11.6. The molecule has 25 heavy (non-hydrogen) atoms. The van der Waals surface area contributed by atoms with Crippen LogP contribution in [0.15, 0.2) is 24.3 Å². The molecule has 2 aliphatic rings. The van der Waals surface area contributed by atoms with Crippen LogP contribution in [0.25, 0.3) is 0 Å². The number of hydrogen-bond donors (Lipinski definition) is 0. The minimum Gasteiger partial charge on any atom is -0.335 e. The molecule has 8 heteroatoms.